The van der Waals surface area contributed by atoms with Crippen LogP contribution >= 0.6 is 0 Å². The Morgan fingerprint density at radius 1 is 1.36 bits per heavy atom. The average Bonchev–Trinajstić information content (AvgIpc) is 2.06. The van der Waals surface area contributed by atoms with Gasteiger partial charge in [0.2, 0.25) is 0 Å². The number of hydrogen-bond donors (Lipinski definition) is 1. The molecule has 0 spiro atoms. The standard InChI is InChI=1S/C4H10O.C2H4O2.2C2H5.Al/c1-3-4(2)5;1-2(3)4;2*1-2;/h4-5H,3H2,1-2H3;1H3,(H,3,4);2*1H2,2H3;/q;;;;+1/p-1. The van der Waals surface area contributed by atoms with Crippen LogP contribution < -0.4 is 5.11 Å². The van der Waals surface area contributed by atoms with Crippen molar-refractivity contribution in [1.29, 1.82) is 0 Å². The number of hydrogen-bond acceptors (Lipinski definition) is 3. The molecule has 0 rings (SSSR count). The van der Waals surface area contributed by atoms with Crippen molar-refractivity contribution in [3.63, 3.8) is 0 Å². The zero-order valence-electron chi connectivity index (χ0n) is 10.0. The fraction of sp³-hybridized carbons (Fsp3) is 0.900. The van der Waals surface area contributed by atoms with Crippen LogP contribution in [-0.4, -0.2) is 32.4 Å². The summed E-state index contributed by atoms with van der Waals surface area (Å²) < 4.78 is 0. The second-order valence-corrected chi connectivity index (χ2v) is 5.06. The van der Waals surface area contributed by atoms with Gasteiger partial charge in [0.05, 0.1) is 6.10 Å². The predicted molar refractivity (Wildman–Crippen MR) is 59.4 cm³/mol. The molecule has 0 bridgehead atoms. The van der Waals surface area contributed by atoms with Gasteiger partial charge in [-0.2, -0.15) is 0 Å². The molecule has 0 saturated heterocycles. The summed E-state index contributed by atoms with van der Waals surface area (Å²) in [5.41, 5.74) is 0. The van der Waals surface area contributed by atoms with Crippen LogP contribution in [0.2, 0.25) is 10.6 Å². The van der Waals surface area contributed by atoms with Crippen molar-refractivity contribution in [1.82, 2.24) is 0 Å². The van der Waals surface area contributed by atoms with E-state index >= 15 is 0 Å². The van der Waals surface area contributed by atoms with Gasteiger partial charge in [0, 0.05) is 5.97 Å². The van der Waals surface area contributed by atoms with Crippen molar-refractivity contribution >= 4 is 21.2 Å². The molecule has 1 N–H and O–H groups in total. The molecule has 0 saturated carbocycles. The molecule has 0 aliphatic carbocycles. The van der Waals surface area contributed by atoms with E-state index in [4.69, 9.17) is 15.0 Å². The second-order valence-electron chi connectivity index (χ2n) is 2.85. The minimum atomic E-state index is -1.08. The van der Waals surface area contributed by atoms with Crippen LogP contribution in [0.1, 0.15) is 41.0 Å². The fourth-order valence-electron chi connectivity index (χ4n) is 0.289. The molecular formula is C10H23AlO3. The van der Waals surface area contributed by atoms with E-state index in [1.54, 1.807) is 6.92 Å². The Morgan fingerprint density at radius 2 is 1.57 bits per heavy atom. The molecule has 4 heteroatoms. The fourth-order valence-corrected chi connectivity index (χ4v) is 0.866. The Morgan fingerprint density at radius 3 is 1.57 bits per heavy atom. The first-order chi connectivity index (χ1) is 6.42. The zero-order valence-corrected chi connectivity index (χ0v) is 11.2. The van der Waals surface area contributed by atoms with E-state index in [2.05, 4.69) is 13.8 Å². The summed E-state index contributed by atoms with van der Waals surface area (Å²) in [6.07, 6.45) is 0.745. The van der Waals surface area contributed by atoms with Gasteiger partial charge < -0.3 is 15.0 Å². The number of carboxylic acid groups (broad SMARTS) is 1. The van der Waals surface area contributed by atoms with E-state index in [1.165, 1.54) is 10.6 Å². The van der Waals surface area contributed by atoms with Crippen molar-refractivity contribution < 1.29 is 15.0 Å². The van der Waals surface area contributed by atoms with Crippen LogP contribution in [0.15, 0.2) is 0 Å². The number of carbonyl (C=O) groups excluding carboxylic acids is 1. The van der Waals surface area contributed by atoms with Crippen LogP contribution in [0, 0.1) is 0 Å². The van der Waals surface area contributed by atoms with E-state index < -0.39 is 5.97 Å². The Balaban J connectivity index is -0.000000131. The Kier molecular flexibility index (Phi) is 26.1. The summed E-state index contributed by atoms with van der Waals surface area (Å²) in [6, 6.07) is 0. The molecule has 0 heterocycles. The van der Waals surface area contributed by atoms with Gasteiger partial charge in [-0.05, 0) is 20.3 Å². The molecular weight excluding hydrogens is 195 g/mol. The summed E-state index contributed by atoms with van der Waals surface area (Å²) in [6.45, 7) is 9.20. The van der Waals surface area contributed by atoms with Gasteiger partial charge in [0.25, 0.3) is 0 Å². The summed E-state index contributed by atoms with van der Waals surface area (Å²) in [7, 11) is 0. The van der Waals surface area contributed by atoms with Gasteiger partial charge in [-0.1, -0.05) is 6.92 Å². The van der Waals surface area contributed by atoms with Crippen molar-refractivity contribution in [2.24, 2.45) is 0 Å². The van der Waals surface area contributed by atoms with Crippen molar-refractivity contribution in [3.05, 3.63) is 0 Å². The summed E-state index contributed by atoms with van der Waals surface area (Å²) >= 11 is 0.815. The first-order valence-electron chi connectivity index (χ1n) is 5.09. The third kappa shape index (κ3) is 91.6. The van der Waals surface area contributed by atoms with E-state index in [0.29, 0.717) is 0 Å². The second kappa shape index (κ2) is 18.7. The first kappa shape index (κ1) is 19.5. The topological polar surface area (TPSA) is 60.4 Å². The number of carbonyl (C=O) groups is 1. The number of aliphatic hydroxyl groups is 1. The minimum absolute atomic E-state index is 0.116. The molecule has 84 valence electrons. The van der Waals surface area contributed by atoms with Crippen LogP contribution in [-0.2, 0) is 4.79 Å². The Hall–Kier alpha value is -0.0375. The summed E-state index contributed by atoms with van der Waals surface area (Å²) in [5, 5.41) is 20.1. The van der Waals surface area contributed by atoms with Gasteiger partial charge in [-0.15, -0.1) is 0 Å². The number of aliphatic hydroxyl groups excluding tert-OH is 1. The quantitative estimate of drug-likeness (QED) is 0.721. The molecule has 0 aromatic carbocycles. The van der Waals surface area contributed by atoms with Gasteiger partial charge in [0.1, 0.15) is 0 Å². The van der Waals surface area contributed by atoms with Crippen molar-refractivity contribution in [2.75, 3.05) is 0 Å². The molecule has 14 heavy (non-hydrogen) atoms. The molecule has 0 aromatic rings. The van der Waals surface area contributed by atoms with Gasteiger partial charge in [-0.3, -0.25) is 0 Å². The van der Waals surface area contributed by atoms with Crippen LogP contribution in [0.25, 0.3) is 0 Å². The molecule has 0 amide bonds. The van der Waals surface area contributed by atoms with Crippen molar-refractivity contribution in [2.45, 2.75) is 57.7 Å². The predicted octanol–water partition coefficient (Wildman–Crippen LogP) is 1.10. The normalized spacial score (nSPS) is 9.57. The Bertz CT molecular complexity index is 99.5. The molecule has 0 aliphatic rings. The molecule has 0 aliphatic heterocycles. The average molecular weight is 218 g/mol. The molecule has 0 fully saturated rings. The van der Waals surface area contributed by atoms with Gasteiger partial charge >= 0.3 is 39.6 Å². The number of rotatable bonds is 3. The molecule has 3 nitrogen and oxygen atoms in total. The van der Waals surface area contributed by atoms with E-state index in [1.807, 2.05) is 6.92 Å². The van der Waals surface area contributed by atoms with Crippen LogP contribution in [0.3, 0.4) is 0 Å². The SMILES string of the molecule is CC(=O)[O-].CCC(C)O.C[CH2][Al+][CH2]C. The molecule has 0 radical (unpaired) electrons. The van der Waals surface area contributed by atoms with Gasteiger partial charge in [-0.25, -0.2) is 0 Å². The molecule has 0 aromatic heterocycles. The van der Waals surface area contributed by atoms with E-state index in [9.17, 15) is 0 Å². The number of aliphatic carboxylic acids is 1. The third-order valence-corrected chi connectivity index (χ3v) is 2.32. The summed E-state index contributed by atoms with van der Waals surface area (Å²) in [4.78, 5) is 8.89. The van der Waals surface area contributed by atoms with E-state index in [0.717, 1.165) is 28.6 Å². The number of carboxylic acids is 1. The van der Waals surface area contributed by atoms with Crippen LogP contribution in [0.4, 0.5) is 0 Å². The summed E-state index contributed by atoms with van der Waals surface area (Å²) in [5.74, 6) is -1.08. The monoisotopic (exact) mass is 218 g/mol. The maximum atomic E-state index is 8.89. The van der Waals surface area contributed by atoms with Crippen molar-refractivity contribution in [3.8, 4) is 0 Å². The Labute approximate surface area is 94.2 Å². The maximum absolute atomic E-state index is 8.89. The first-order valence-corrected chi connectivity index (χ1v) is 6.72. The van der Waals surface area contributed by atoms with Crippen LogP contribution in [0.5, 0.6) is 0 Å². The van der Waals surface area contributed by atoms with Gasteiger partial charge in [0.15, 0.2) is 0 Å². The third-order valence-electron chi connectivity index (χ3n) is 1.17. The molecule has 1 unspecified atom stereocenters. The zero-order chi connectivity index (χ0) is 12.0. The van der Waals surface area contributed by atoms with E-state index in [-0.39, 0.29) is 6.10 Å². The molecule has 1 atom stereocenters.